The van der Waals surface area contributed by atoms with Gasteiger partial charge in [-0.3, -0.25) is 29.9 Å². The number of hydrogen-bond donors (Lipinski definition) is 0. The fourth-order valence-corrected chi connectivity index (χ4v) is 21.8. The second kappa shape index (κ2) is 34.3. The molecule has 34 heteroatoms. The third-order valence-electron chi connectivity index (χ3n) is 30.6. The molecule has 0 bridgehead atoms. The van der Waals surface area contributed by atoms with Gasteiger partial charge in [-0.15, -0.1) is 0 Å². The Labute approximate surface area is 804 Å². The fraction of sp³-hybridized carbons (Fsp3) is 0.368. The van der Waals surface area contributed by atoms with Gasteiger partial charge in [-0.05, 0) is 233 Å². The molecule has 140 heavy (non-hydrogen) atoms. The van der Waals surface area contributed by atoms with Crippen LogP contribution < -0.4 is 14.2 Å². The average molecular weight is 1870 g/mol. The molecule has 5 fully saturated rings. The lowest BCUT2D eigenvalue weighted by Crippen LogP contribution is -2.25. The minimum absolute atomic E-state index is 0.286. The molecule has 0 spiro atoms. The van der Waals surface area contributed by atoms with E-state index in [-0.39, 0.29) is 5.92 Å². The maximum atomic E-state index is 5.94. The van der Waals surface area contributed by atoms with Crippen molar-refractivity contribution in [1.82, 2.24) is 150 Å². The van der Waals surface area contributed by atoms with Crippen molar-refractivity contribution >= 4 is 83.5 Å². The number of aryl methyl sites for hydroxylation is 15. The van der Waals surface area contributed by atoms with Gasteiger partial charge in [-0.1, -0.05) is 24.3 Å². The number of ether oxygens (including phenoxy) is 3. The highest BCUT2D eigenvalue weighted by Crippen LogP contribution is 2.54. The summed E-state index contributed by atoms with van der Waals surface area (Å²) in [5.74, 6) is 11.4. The molecule has 1 aliphatic heterocycles. The molecule has 28 rings (SSSR count). The maximum Gasteiger partial charge on any atom is 0.180 e. The second-order valence-electron chi connectivity index (χ2n) is 38.9. The van der Waals surface area contributed by atoms with Crippen LogP contribution in [0.3, 0.4) is 0 Å². The molecule has 5 aliphatic carbocycles. The van der Waals surface area contributed by atoms with Crippen LogP contribution in [-0.2, 0) is 13.5 Å². The molecule has 2 aromatic carbocycles. The van der Waals surface area contributed by atoms with Crippen LogP contribution in [0.15, 0.2) is 153 Å². The summed E-state index contributed by atoms with van der Waals surface area (Å²) in [4.78, 5) is 75.8. The van der Waals surface area contributed by atoms with Crippen LogP contribution >= 0.6 is 0 Å². The van der Waals surface area contributed by atoms with Gasteiger partial charge in [0.1, 0.15) is 22.9 Å². The largest absolute Gasteiger partial charge is 0.497 e. The van der Waals surface area contributed by atoms with Gasteiger partial charge in [0.25, 0.3) is 0 Å². The number of aromatic nitrogens is 31. The number of methoxy groups -OCH3 is 2. The van der Waals surface area contributed by atoms with Crippen LogP contribution in [0.1, 0.15) is 267 Å². The van der Waals surface area contributed by atoms with Crippen LogP contribution in [0.2, 0.25) is 0 Å². The Hall–Kier alpha value is -15.5. The highest BCUT2D eigenvalue weighted by molar-refractivity contribution is 6.03. The van der Waals surface area contributed by atoms with Gasteiger partial charge in [-0.2, -0.15) is 25.5 Å². The lowest BCUT2D eigenvalue weighted by Gasteiger charge is -2.33. The van der Waals surface area contributed by atoms with Crippen molar-refractivity contribution in [3.63, 3.8) is 0 Å². The smallest absolute Gasteiger partial charge is 0.180 e. The van der Waals surface area contributed by atoms with E-state index >= 15 is 0 Å². The van der Waals surface area contributed by atoms with E-state index in [0.29, 0.717) is 53.3 Å². The van der Waals surface area contributed by atoms with E-state index in [1.807, 2.05) is 172 Å². The molecule has 706 valence electrons. The van der Waals surface area contributed by atoms with Gasteiger partial charge in [0, 0.05) is 168 Å². The SMILES string of the molecule is COc1cccn2c(C)c(C3CCC3c3nc4c(C)ncc(C)n4n3)nc12.COc1ccn2c(C)c(C3CCC3c3nc4c(C)ncc(C)n4n3)nc2c1.Cc1ncc(C)n2nc(C3CCC3c3cn4ccc5c(c4n3)OCCC5)nc12.Cc1ncc(C)n2nc(C3CCC3c3nc4c5ccccc5ccn4c3C)nc12.Cc1ncc(C)n2nc(C3CCC3c3nc4c5cccnc5ccc4n3C)nc12. The highest BCUT2D eigenvalue weighted by Gasteiger charge is 2.45. The van der Waals surface area contributed by atoms with Crippen molar-refractivity contribution in [3.8, 4) is 17.2 Å². The molecule has 20 aromatic heterocycles. The molecule has 22 aromatic rings. The van der Waals surface area contributed by atoms with Crippen molar-refractivity contribution in [3.05, 3.63) is 290 Å². The van der Waals surface area contributed by atoms with Gasteiger partial charge < -0.3 is 36.4 Å². The zero-order valence-electron chi connectivity index (χ0n) is 81.5. The lowest BCUT2D eigenvalue weighted by molar-refractivity contribution is 0.290. The molecule has 0 N–H and O–H groups in total. The van der Waals surface area contributed by atoms with Gasteiger partial charge in [0.2, 0.25) is 0 Å². The Kier molecular flexibility index (Phi) is 21.4. The van der Waals surface area contributed by atoms with Crippen molar-refractivity contribution in [1.29, 1.82) is 0 Å². The van der Waals surface area contributed by atoms with Crippen molar-refractivity contribution < 1.29 is 14.2 Å². The van der Waals surface area contributed by atoms with E-state index in [1.54, 1.807) is 14.2 Å². The minimum atomic E-state index is 0.286. The van der Waals surface area contributed by atoms with E-state index in [0.717, 1.165) is 288 Å². The maximum absolute atomic E-state index is 5.94. The zero-order valence-corrected chi connectivity index (χ0v) is 81.5. The summed E-state index contributed by atoms with van der Waals surface area (Å²) in [6.45, 7) is 27.2. The van der Waals surface area contributed by atoms with E-state index in [9.17, 15) is 0 Å². The first kappa shape index (κ1) is 87.3. The van der Waals surface area contributed by atoms with Gasteiger partial charge in [0.05, 0.1) is 117 Å². The Balaban J connectivity index is 0.0000000949. The van der Waals surface area contributed by atoms with Gasteiger partial charge >= 0.3 is 0 Å². The zero-order chi connectivity index (χ0) is 95.6. The Morgan fingerprint density at radius 2 is 0.821 bits per heavy atom. The summed E-state index contributed by atoms with van der Waals surface area (Å²) < 4.78 is 37.1. The standard InChI is InChI=1S/C23H22N6.C22H21N7.C21H22N6O.2C20H22N6O/c1-13-12-24-14(2)22-26-21(27-29(13)22)19-9-8-18(19)20-15(3)28-11-10-16-6-4-5-7-17(16)23(28)25-20;1-12-11-24-13(2)21-26-20(27-29(12)21)14-6-7-15(14)22-25-19-16-5-4-10-23-17(16)8-9-18(19)28(22)3;1-12-10-22-13(2)20-24-19(25-27(12)20)16-6-5-15(16)17-11-26-8-7-14-4-3-9-28-18(14)21(26)23-17;1-11-10-21-12(2)20-23-19(24-26(11)20)16-6-5-15(16)18-13(3)25-8-7-14(27-4)9-17(25)22-18;1-11-10-21-12(2)19-23-18(24-26(11)19)15-8-7-14(15)17-13(3)25-9-5-6-16(27-4)20(25)22-17/h4-7,10-12,18-19H,8-9H2,1-3H3;4-5,8-11,14-15H,6-7H2,1-3H3;7-8,10-11,15-16H,3-6,9H2,1-2H3;7-10,15-16H,5-6H2,1-4H3;5-6,9-10,14-15H,7-8H2,1-4H3. The molecular formula is C106H109N31O3. The third kappa shape index (κ3) is 14.5. The Morgan fingerprint density at radius 3 is 1.31 bits per heavy atom. The predicted molar refractivity (Wildman–Crippen MR) is 530 cm³/mol. The topological polar surface area (TPSA) is 343 Å². The number of fused-ring (bicyclic) bond motifs is 16. The number of pyridine rings is 5. The van der Waals surface area contributed by atoms with E-state index < -0.39 is 0 Å². The summed E-state index contributed by atoms with van der Waals surface area (Å²) in [5, 5.41) is 27.6. The van der Waals surface area contributed by atoms with Crippen LogP contribution in [0.4, 0.5) is 0 Å². The molecule has 34 nitrogen and oxygen atoms in total. The first-order valence-corrected chi connectivity index (χ1v) is 48.7. The second-order valence-corrected chi connectivity index (χ2v) is 38.9. The first-order chi connectivity index (χ1) is 68.1. The van der Waals surface area contributed by atoms with Gasteiger partial charge in [0.15, 0.2) is 80.2 Å². The summed E-state index contributed by atoms with van der Waals surface area (Å²) in [6, 6.07) is 28.9. The lowest BCUT2D eigenvalue weighted by atomic mass is 9.71. The highest BCUT2D eigenvalue weighted by atomic mass is 16.5. The molecular weight excluding hydrogens is 1760 g/mol. The molecule has 10 atom stereocenters. The Morgan fingerprint density at radius 1 is 0.364 bits per heavy atom. The van der Waals surface area contributed by atoms with Crippen LogP contribution in [0.5, 0.6) is 17.2 Å². The number of benzene rings is 2. The van der Waals surface area contributed by atoms with E-state index in [4.69, 9.17) is 89.5 Å². The summed E-state index contributed by atoms with van der Waals surface area (Å²) in [5.41, 5.74) is 30.2. The summed E-state index contributed by atoms with van der Waals surface area (Å²) in [7, 11) is 5.47. The monoisotopic (exact) mass is 1860 g/mol. The van der Waals surface area contributed by atoms with Crippen molar-refractivity contribution in [2.24, 2.45) is 7.05 Å². The van der Waals surface area contributed by atoms with E-state index in [2.05, 4.69) is 153 Å². The van der Waals surface area contributed by atoms with Crippen LogP contribution in [0.25, 0.3) is 83.5 Å². The Bertz CT molecular complexity index is 8300. The average Bonchev–Trinajstić information content (AvgIpc) is 1.59. The summed E-state index contributed by atoms with van der Waals surface area (Å²) in [6.07, 6.45) is 34.7. The number of hydrogen-bond acceptors (Lipinski definition) is 24. The molecule has 10 unspecified atom stereocenters. The minimum Gasteiger partial charge on any atom is -0.497 e. The van der Waals surface area contributed by atoms with Crippen molar-refractivity contribution in [2.75, 3.05) is 20.8 Å². The molecule has 0 radical (unpaired) electrons. The number of nitrogens with zero attached hydrogens (tertiary/aromatic N) is 31. The fourth-order valence-electron chi connectivity index (χ4n) is 21.8. The van der Waals surface area contributed by atoms with E-state index in [1.165, 1.54) is 33.4 Å². The summed E-state index contributed by atoms with van der Waals surface area (Å²) >= 11 is 0. The van der Waals surface area contributed by atoms with Crippen LogP contribution in [-0.4, -0.2) is 171 Å². The molecule has 0 saturated heterocycles. The molecule has 0 amide bonds. The normalized spacial score (nSPS) is 19.8. The van der Waals surface area contributed by atoms with Gasteiger partial charge in [-0.25, -0.2) is 72.4 Å². The van der Waals surface area contributed by atoms with Crippen molar-refractivity contribution in [2.45, 2.75) is 226 Å². The number of rotatable bonds is 12. The molecule has 6 aliphatic rings. The predicted octanol–water partition coefficient (Wildman–Crippen LogP) is 18.5. The number of imidazole rings is 5. The first-order valence-electron chi connectivity index (χ1n) is 48.7. The molecule has 5 saturated carbocycles. The third-order valence-corrected chi connectivity index (χ3v) is 30.6. The molecule has 21 heterocycles. The van der Waals surface area contributed by atoms with Crippen LogP contribution in [0, 0.1) is 90.0 Å². The quantitative estimate of drug-likeness (QED) is 0.110.